The summed E-state index contributed by atoms with van der Waals surface area (Å²) in [6.45, 7) is 1.24. The lowest BCUT2D eigenvalue weighted by molar-refractivity contribution is -0.138. The van der Waals surface area contributed by atoms with Gasteiger partial charge in [0.25, 0.3) is 0 Å². The van der Waals surface area contributed by atoms with Crippen LogP contribution in [0.4, 0.5) is 0 Å². The van der Waals surface area contributed by atoms with E-state index >= 15 is 0 Å². The zero-order valence-electron chi connectivity index (χ0n) is 9.62. The van der Waals surface area contributed by atoms with Crippen molar-refractivity contribution in [3.63, 3.8) is 0 Å². The second-order valence-corrected chi connectivity index (χ2v) is 5.37. The van der Waals surface area contributed by atoms with Gasteiger partial charge < -0.3 is 5.11 Å². The van der Waals surface area contributed by atoms with E-state index in [1.54, 1.807) is 0 Å². The zero-order chi connectivity index (χ0) is 13.8. The van der Waals surface area contributed by atoms with Gasteiger partial charge in [-0.1, -0.05) is 12.1 Å². The van der Waals surface area contributed by atoms with Crippen molar-refractivity contribution in [1.82, 2.24) is 4.72 Å². The van der Waals surface area contributed by atoms with E-state index in [4.69, 9.17) is 10.4 Å². The van der Waals surface area contributed by atoms with Gasteiger partial charge in [-0.25, -0.2) is 8.42 Å². The second kappa shape index (κ2) is 5.62. The highest BCUT2D eigenvalue weighted by Crippen LogP contribution is 2.11. The number of hydrogen-bond donors (Lipinski definition) is 2. The molecule has 0 aliphatic rings. The Bertz CT molecular complexity index is 572. The standard InChI is InChI=1S/C11H12N2O4S/c1-8(11(14)15)13-18(16,17)10-4-2-9(3-5-10)6-7-12/h2-5,8,13H,6H2,1H3,(H,14,15). The van der Waals surface area contributed by atoms with Crippen LogP contribution < -0.4 is 4.72 Å². The quantitative estimate of drug-likeness (QED) is 0.808. The fourth-order valence-corrected chi connectivity index (χ4v) is 2.43. The highest BCUT2D eigenvalue weighted by Gasteiger charge is 2.21. The van der Waals surface area contributed by atoms with E-state index < -0.39 is 22.0 Å². The van der Waals surface area contributed by atoms with Crippen LogP contribution in [0.25, 0.3) is 0 Å². The summed E-state index contributed by atoms with van der Waals surface area (Å²) in [7, 11) is -3.85. The van der Waals surface area contributed by atoms with Gasteiger partial charge in [-0.2, -0.15) is 9.98 Å². The molecule has 0 bridgehead atoms. The molecule has 18 heavy (non-hydrogen) atoms. The van der Waals surface area contributed by atoms with E-state index in [1.165, 1.54) is 31.2 Å². The minimum atomic E-state index is -3.85. The van der Waals surface area contributed by atoms with E-state index in [1.807, 2.05) is 10.8 Å². The third kappa shape index (κ3) is 3.55. The molecular weight excluding hydrogens is 256 g/mol. The molecule has 0 radical (unpaired) electrons. The Morgan fingerprint density at radius 2 is 2.00 bits per heavy atom. The van der Waals surface area contributed by atoms with Gasteiger partial charge in [0.2, 0.25) is 10.0 Å². The summed E-state index contributed by atoms with van der Waals surface area (Å²) in [5.74, 6) is -1.25. The number of aliphatic carboxylic acids is 1. The topological polar surface area (TPSA) is 107 Å². The molecule has 0 amide bonds. The highest BCUT2D eigenvalue weighted by atomic mass is 32.2. The molecule has 1 aromatic carbocycles. The molecule has 0 spiro atoms. The van der Waals surface area contributed by atoms with Crippen LogP contribution in [0.2, 0.25) is 0 Å². The zero-order valence-corrected chi connectivity index (χ0v) is 10.4. The first-order valence-electron chi connectivity index (χ1n) is 5.08. The third-order valence-corrected chi connectivity index (χ3v) is 3.78. The SMILES string of the molecule is CC(NS(=O)(=O)c1ccc(CC#N)cc1)C(=O)O. The summed E-state index contributed by atoms with van der Waals surface area (Å²) in [5, 5.41) is 17.1. The van der Waals surface area contributed by atoms with Crippen molar-refractivity contribution in [2.45, 2.75) is 24.3 Å². The molecule has 96 valence electrons. The fraction of sp³-hybridized carbons (Fsp3) is 0.273. The normalized spacial score (nSPS) is 12.7. The summed E-state index contributed by atoms with van der Waals surface area (Å²) in [6, 6.07) is 6.45. The number of carbonyl (C=O) groups is 1. The maximum Gasteiger partial charge on any atom is 0.321 e. The lowest BCUT2D eigenvalue weighted by Crippen LogP contribution is -2.38. The van der Waals surface area contributed by atoms with Crippen LogP contribution in [0.5, 0.6) is 0 Å². The Morgan fingerprint density at radius 3 is 2.44 bits per heavy atom. The average Bonchev–Trinajstić information content (AvgIpc) is 2.29. The van der Waals surface area contributed by atoms with Crippen molar-refractivity contribution in [1.29, 1.82) is 5.26 Å². The maximum atomic E-state index is 11.8. The fourth-order valence-electron chi connectivity index (χ4n) is 1.23. The number of sulfonamides is 1. The number of rotatable bonds is 5. The Labute approximate surface area is 105 Å². The minimum Gasteiger partial charge on any atom is -0.480 e. The Balaban J connectivity index is 2.92. The molecule has 1 unspecified atom stereocenters. The van der Waals surface area contributed by atoms with Crippen LogP contribution in [0.1, 0.15) is 12.5 Å². The number of carboxylic acids is 1. The number of hydrogen-bond acceptors (Lipinski definition) is 4. The first kappa shape index (κ1) is 14.2. The Kier molecular flexibility index (Phi) is 4.42. The smallest absolute Gasteiger partial charge is 0.321 e. The largest absolute Gasteiger partial charge is 0.480 e. The Hall–Kier alpha value is -1.91. The van der Waals surface area contributed by atoms with E-state index in [0.717, 1.165) is 0 Å². The van der Waals surface area contributed by atoms with Crippen LogP contribution in [0.3, 0.4) is 0 Å². The first-order chi connectivity index (χ1) is 8.36. The second-order valence-electron chi connectivity index (χ2n) is 3.66. The monoisotopic (exact) mass is 268 g/mol. The average molecular weight is 268 g/mol. The summed E-state index contributed by atoms with van der Waals surface area (Å²) >= 11 is 0. The van der Waals surface area contributed by atoms with E-state index in [9.17, 15) is 13.2 Å². The molecule has 0 saturated heterocycles. The predicted molar refractivity (Wildman–Crippen MR) is 63.2 cm³/mol. The van der Waals surface area contributed by atoms with Gasteiger partial charge in [0.05, 0.1) is 17.4 Å². The van der Waals surface area contributed by atoms with Crippen molar-refractivity contribution in [2.24, 2.45) is 0 Å². The van der Waals surface area contributed by atoms with Crippen LogP contribution >= 0.6 is 0 Å². The molecule has 0 heterocycles. The summed E-state index contributed by atoms with van der Waals surface area (Å²) < 4.78 is 25.6. The molecule has 2 N–H and O–H groups in total. The van der Waals surface area contributed by atoms with Gasteiger partial charge in [0, 0.05) is 0 Å². The maximum absolute atomic E-state index is 11.8. The summed E-state index contributed by atoms with van der Waals surface area (Å²) in [4.78, 5) is 10.6. The molecule has 1 rings (SSSR count). The van der Waals surface area contributed by atoms with Gasteiger partial charge in [-0.3, -0.25) is 4.79 Å². The van der Waals surface area contributed by atoms with Crippen molar-refractivity contribution in [2.75, 3.05) is 0 Å². The van der Waals surface area contributed by atoms with Crippen molar-refractivity contribution in [3.8, 4) is 6.07 Å². The molecule has 0 aromatic heterocycles. The van der Waals surface area contributed by atoms with Crippen LogP contribution in [0.15, 0.2) is 29.2 Å². The molecule has 0 saturated carbocycles. The highest BCUT2D eigenvalue weighted by molar-refractivity contribution is 7.89. The lowest BCUT2D eigenvalue weighted by Gasteiger charge is -2.10. The lowest BCUT2D eigenvalue weighted by atomic mass is 10.2. The predicted octanol–water partition coefficient (Wildman–Crippen LogP) is 0.504. The number of nitrogens with one attached hydrogen (secondary N) is 1. The van der Waals surface area contributed by atoms with Crippen molar-refractivity contribution < 1.29 is 18.3 Å². The summed E-state index contributed by atoms with van der Waals surface area (Å²) in [5.41, 5.74) is 0.697. The third-order valence-electron chi connectivity index (χ3n) is 2.22. The molecular formula is C11H12N2O4S. The number of carboxylic acid groups (broad SMARTS) is 1. The van der Waals surface area contributed by atoms with Crippen LogP contribution in [0, 0.1) is 11.3 Å². The van der Waals surface area contributed by atoms with Gasteiger partial charge in [0.15, 0.2) is 0 Å². The van der Waals surface area contributed by atoms with Crippen LogP contribution in [-0.4, -0.2) is 25.5 Å². The summed E-state index contributed by atoms with van der Waals surface area (Å²) in [6.07, 6.45) is 0.194. The number of nitrogens with zero attached hydrogens (tertiary/aromatic N) is 1. The Morgan fingerprint density at radius 1 is 1.44 bits per heavy atom. The van der Waals surface area contributed by atoms with E-state index in [0.29, 0.717) is 5.56 Å². The van der Waals surface area contributed by atoms with Crippen molar-refractivity contribution in [3.05, 3.63) is 29.8 Å². The van der Waals surface area contributed by atoms with Gasteiger partial charge in [-0.15, -0.1) is 0 Å². The van der Waals surface area contributed by atoms with Crippen molar-refractivity contribution >= 4 is 16.0 Å². The minimum absolute atomic E-state index is 0.0303. The van der Waals surface area contributed by atoms with Crippen LogP contribution in [-0.2, 0) is 21.2 Å². The van der Waals surface area contributed by atoms with E-state index in [-0.39, 0.29) is 11.3 Å². The molecule has 0 aliphatic carbocycles. The molecule has 0 aliphatic heterocycles. The molecule has 7 heteroatoms. The van der Waals surface area contributed by atoms with Gasteiger partial charge >= 0.3 is 5.97 Å². The van der Waals surface area contributed by atoms with Gasteiger partial charge in [-0.05, 0) is 24.6 Å². The number of nitriles is 1. The number of benzene rings is 1. The molecule has 1 aromatic rings. The van der Waals surface area contributed by atoms with Gasteiger partial charge in [0.1, 0.15) is 6.04 Å². The first-order valence-corrected chi connectivity index (χ1v) is 6.56. The molecule has 1 atom stereocenters. The molecule has 0 fully saturated rings. The molecule has 6 nitrogen and oxygen atoms in total. The van der Waals surface area contributed by atoms with E-state index in [2.05, 4.69) is 0 Å².